The van der Waals surface area contributed by atoms with Crippen molar-refractivity contribution in [2.75, 3.05) is 77.5 Å². The Morgan fingerprint density at radius 2 is 0.789 bits per heavy atom. The number of fused-ring (bicyclic) bond motifs is 30. The van der Waals surface area contributed by atoms with Crippen LogP contribution in [0.2, 0.25) is 15.1 Å². The number of phenolic OH excluding ortho intramolecular Hbond substituents is 1. The second-order valence-corrected chi connectivity index (χ2v) is 44.6. The smallest absolute Gasteiger partial charge is 0.306 e. The van der Waals surface area contributed by atoms with Gasteiger partial charge in [-0.3, -0.25) is 34.0 Å². The lowest BCUT2D eigenvalue weighted by Crippen LogP contribution is -2.42. The van der Waals surface area contributed by atoms with Crippen molar-refractivity contribution in [3.8, 4) is 28.0 Å². The molecule has 12 aromatic carbocycles. The molecule has 8 fully saturated rings. The van der Waals surface area contributed by atoms with E-state index in [1.165, 1.54) is 236 Å². The topological polar surface area (TPSA) is 103 Å². The van der Waals surface area contributed by atoms with Crippen LogP contribution in [0.3, 0.4) is 0 Å². The first-order valence-corrected chi connectivity index (χ1v) is 54.8. The fourth-order valence-corrected chi connectivity index (χ4v) is 27.9. The summed E-state index contributed by atoms with van der Waals surface area (Å²) in [6, 6.07) is 97.8. The van der Waals surface area contributed by atoms with Crippen LogP contribution in [-0.2, 0) is 22.5 Å². The number of anilines is 1. The van der Waals surface area contributed by atoms with Gasteiger partial charge in [-0.15, -0.1) is 0 Å². The third kappa shape index (κ3) is 21.4. The average Bonchev–Trinajstić information content (AvgIpc) is 1.60. The van der Waals surface area contributed by atoms with Crippen LogP contribution in [0.1, 0.15) is 335 Å². The maximum atomic E-state index is 13.3. The number of nitrogens with zero attached hydrogens (tertiary/aromatic N) is 7. The van der Waals surface area contributed by atoms with E-state index < -0.39 is 0 Å². The first-order chi connectivity index (χ1) is 69.4. The molecule has 142 heavy (non-hydrogen) atoms. The maximum Gasteiger partial charge on any atom is 0.306 e. The molecule has 7 aliphatic heterocycles. The van der Waals surface area contributed by atoms with E-state index in [0.29, 0.717) is 70.6 Å². The Hall–Kier alpha value is -10.6. The fourth-order valence-electron chi connectivity index (χ4n) is 27.2. The number of piperidine rings is 3. The summed E-state index contributed by atoms with van der Waals surface area (Å²) in [5.74, 6) is 4.67. The van der Waals surface area contributed by atoms with Gasteiger partial charge in [0.1, 0.15) is 5.75 Å². The zero-order valence-electron chi connectivity index (χ0n) is 83.5. The van der Waals surface area contributed by atoms with E-state index in [-0.39, 0.29) is 29.9 Å². The molecular formula is C127H140Cl3N7O5. The molecule has 7 saturated heterocycles. The number of hydrogen-bond acceptors (Lipinski definition) is 10. The molecule has 2 amide bonds. The Morgan fingerprint density at radius 3 is 1.37 bits per heavy atom. The van der Waals surface area contributed by atoms with E-state index in [1.807, 2.05) is 67.6 Å². The minimum Gasteiger partial charge on any atom is -0.508 e. The molecular weight excluding hydrogens is 1810 g/mol. The minimum atomic E-state index is -0.113. The number of amides is 2. The van der Waals surface area contributed by atoms with E-state index >= 15 is 0 Å². The molecule has 26 rings (SSSR count). The van der Waals surface area contributed by atoms with E-state index in [4.69, 9.17) is 39.5 Å². The third-order valence-electron chi connectivity index (χ3n) is 34.5. The first kappa shape index (κ1) is 97.4. The predicted octanol–water partition coefficient (Wildman–Crippen LogP) is 30.2. The van der Waals surface area contributed by atoms with E-state index in [9.17, 15) is 19.5 Å². The normalized spacial score (nSPS) is 24.0. The van der Waals surface area contributed by atoms with Gasteiger partial charge in [0.2, 0.25) is 0 Å². The molecule has 0 radical (unpaired) electrons. The molecule has 14 aliphatic rings. The standard InChI is InChI=1S/C25H23NO.C24H27ClN2O.C23H27NO2.C20H22ClN.C19H21NO.C16H20ClN/c1-17-7-9-19(10-8-17)25(27)26-14-13-21-16-24(26)23-15-20(11-12-22(21)23)18-5-3-2-4-6-18;1-16-11-18(13-19(25)12-16)24(28)27-10-7-17-14-23(27)22-15-20(5-6-21(17)22)26-8-3-2-4-9-26;1-16-5-3-6-17(13-16)18-8-9-20-19-7-4-11-24(12-10-23(25)26-2)22(15-19)21(20)14-18;21-17-8-9-18-16-7-4-11-22(20(13-16)19(18)14-17)12-10-15-5-2-1-3-6-15;21-16-8-9-17-15-7-4-10-20(19(11-15)18(17)12-16)13-14-5-2-1-3-6-14;17-12-6-7-14-11-3-2-8-18(13-4-1-5-13)16(9-11)15(14)10-12/h2-12,15,21,24H,13-14,16H2,1H3;5-6,11-13,15,17,23H,2-4,7-10,14H2,1H3;3,5-6,8-9,13-14,19,22H,4,7,10-12,15H2,1-2H3;1-3,5-6,8-9,14,16,20H,4,7,10-13H2;1-3,5-6,8-9,12,15,19,21H,4,7,10-11,13H2;6-7,10-11,13,16H,1-5,8-9H2/t21-,24+;17-,23+;19-,22+;16?,20-;15-,19+;11-,16+/m110100/s1. The Morgan fingerprint density at radius 1 is 0.324 bits per heavy atom. The summed E-state index contributed by atoms with van der Waals surface area (Å²) in [7, 11) is 1.47. The number of esters is 1. The molecule has 12 bridgehead atoms. The second-order valence-electron chi connectivity index (χ2n) is 43.3. The third-order valence-corrected chi connectivity index (χ3v) is 35.2. The van der Waals surface area contributed by atoms with Crippen molar-refractivity contribution >= 4 is 58.3 Å². The number of likely N-dealkylation sites (tertiary alicyclic amines) is 6. The number of phenols is 1. The highest BCUT2D eigenvalue weighted by atomic mass is 35.5. The zero-order chi connectivity index (χ0) is 97.0. The Balaban J connectivity index is 0.000000101. The van der Waals surface area contributed by atoms with Crippen LogP contribution in [0, 0.1) is 20.8 Å². The molecule has 1 N–H and O–H groups in total. The number of rotatable bonds is 14. The largest absolute Gasteiger partial charge is 0.508 e. The van der Waals surface area contributed by atoms with Crippen molar-refractivity contribution in [2.45, 2.75) is 259 Å². The summed E-state index contributed by atoms with van der Waals surface area (Å²) in [5.41, 5.74) is 31.8. The number of hydrogen-bond donors (Lipinski definition) is 1. The Kier molecular flexibility index (Phi) is 30.3. The van der Waals surface area contributed by atoms with E-state index in [0.717, 1.165) is 130 Å². The van der Waals surface area contributed by atoms with E-state index in [1.54, 1.807) is 16.7 Å². The lowest BCUT2D eigenvalue weighted by Gasteiger charge is -2.41. The van der Waals surface area contributed by atoms with Crippen molar-refractivity contribution in [1.29, 1.82) is 0 Å². The first-order valence-electron chi connectivity index (χ1n) is 53.7. The van der Waals surface area contributed by atoms with Crippen LogP contribution in [0.4, 0.5) is 5.69 Å². The molecule has 12 nitrogen and oxygen atoms in total. The minimum absolute atomic E-state index is 0.113. The molecule has 0 spiro atoms. The molecule has 7 heterocycles. The molecule has 15 heteroatoms. The monoisotopic (exact) mass is 1950 g/mol. The molecule has 7 aliphatic carbocycles. The fraction of sp³-hybridized carbons (Fsp3) is 0.409. The van der Waals surface area contributed by atoms with Gasteiger partial charge >= 0.3 is 5.97 Å². The highest BCUT2D eigenvalue weighted by Gasteiger charge is 2.47. The van der Waals surface area contributed by atoms with Gasteiger partial charge in [-0.05, 0) is 420 Å². The molecule has 1 unspecified atom stereocenters. The van der Waals surface area contributed by atoms with Gasteiger partial charge in [-0.1, -0.05) is 228 Å². The highest BCUT2D eigenvalue weighted by molar-refractivity contribution is 6.31. The predicted molar refractivity (Wildman–Crippen MR) is 579 cm³/mol. The zero-order valence-corrected chi connectivity index (χ0v) is 85.8. The van der Waals surface area contributed by atoms with Crippen molar-refractivity contribution in [2.24, 2.45) is 0 Å². The SMILES string of the molecule is COC(=O)CCN1CCC[C@H]2C[C@@H]1c1cc(-c3cccc(C)c3)ccc12.Cc1cc(Cl)cc(C(=O)N2CC[C@@H]3C[C@H]2c2cc(N4CCCCC4)ccc23)c1.Cc1ccc(C(=O)N2CC[C@@H]3C[C@H]2c2cc(-c4ccccc4)ccc23)cc1.Clc1ccc2c(c1)[C@H]1CC2CCCN1CCc1ccccc1.Clc1ccc2c(c1)[C@H]1C[C@@H]2CCCN1C1CCC1.Oc1ccc2c(c1)[C@H]1C[C@@H]2CCCN1Cc1ccccc1. The summed E-state index contributed by atoms with van der Waals surface area (Å²) in [5, 5.41) is 12.3. The van der Waals surface area contributed by atoms with Crippen LogP contribution in [0.15, 0.2) is 267 Å². The molecule has 1 saturated carbocycles. The summed E-state index contributed by atoms with van der Waals surface area (Å²) >= 11 is 18.7. The number of carbonyl (C=O) groups is 3. The summed E-state index contributed by atoms with van der Waals surface area (Å²) in [6.07, 6.45) is 29.4. The highest BCUT2D eigenvalue weighted by Crippen LogP contribution is 2.57. The van der Waals surface area contributed by atoms with Crippen LogP contribution in [-0.4, -0.2) is 131 Å². The molecule has 0 aromatic heterocycles. The van der Waals surface area contributed by atoms with Gasteiger partial charge in [-0.25, -0.2) is 0 Å². The van der Waals surface area contributed by atoms with Gasteiger partial charge in [0, 0.05) is 108 Å². The van der Waals surface area contributed by atoms with Crippen LogP contribution >= 0.6 is 34.8 Å². The number of ether oxygens (including phenoxy) is 1. The van der Waals surface area contributed by atoms with Crippen molar-refractivity contribution in [1.82, 2.24) is 29.4 Å². The Labute approximate surface area is 858 Å². The van der Waals surface area contributed by atoms with Gasteiger partial charge < -0.3 is 24.5 Å². The van der Waals surface area contributed by atoms with Crippen molar-refractivity contribution in [3.05, 3.63) is 388 Å². The number of benzene rings is 12. The quantitative estimate of drug-likeness (QED) is 0.106. The number of carbonyl (C=O) groups excluding carboxylic acids is 3. The van der Waals surface area contributed by atoms with E-state index in [2.05, 4.69) is 254 Å². The van der Waals surface area contributed by atoms with Crippen LogP contribution < -0.4 is 4.90 Å². The number of aryl methyl sites for hydroxylation is 3. The van der Waals surface area contributed by atoms with Gasteiger partial charge in [0.25, 0.3) is 11.8 Å². The lowest BCUT2D eigenvalue weighted by atomic mass is 9.89. The average molecular weight is 1950 g/mol. The number of halogens is 3. The molecule has 734 valence electrons. The van der Waals surface area contributed by atoms with Crippen LogP contribution in [0.5, 0.6) is 5.75 Å². The van der Waals surface area contributed by atoms with Gasteiger partial charge in [0.05, 0.1) is 25.6 Å². The Bertz CT molecular complexity index is 6440. The maximum absolute atomic E-state index is 13.3. The van der Waals surface area contributed by atoms with Crippen molar-refractivity contribution < 1.29 is 24.2 Å². The summed E-state index contributed by atoms with van der Waals surface area (Å²) in [4.78, 5) is 55.4. The molecule has 12 atom stereocenters. The summed E-state index contributed by atoms with van der Waals surface area (Å²) in [6.45, 7) is 17.9. The van der Waals surface area contributed by atoms with Crippen molar-refractivity contribution in [3.63, 3.8) is 0 Å². The van der Waals surface area contributed by atoms with Gasteiger partial charge in [-0.2, -0.15) is 0 Å². The molecule has 12 aromatic rings. The van der Waals surface area contributed by atoms with Gasteiger partial charge in [0.15, 0.2) is 0 Å². The van der Waals surface area contributed by atoms with Crippen LogP contribution in [0.25, 0.3) is 22.3 Å². The summed E-state index contributed by atoms with van der Waals surface area (Å²) < 4.78 is 4.84. The lowest BCUT2D eigenvalue weighted by molar-refractivity contribution is -0.141. The number of aromatic hydroxyl groups is 1. The second kappa shape index (κ2) is 44.1. The number of methoxy groups -OCH3 is 1.